The van der Waals surface area contributed by atoms with Gasteiger partial charge in [-0.3, -0.25) is 9.78 Å². The number of aromatic nitrogens is 1. The number of carbonyl (C=O) groups excluding carboxylic acids is 1. The average Bonchev–Trinajstić information content (AvgIpc) is 2.53. The van der Waals surface area contributed by atoms with Crippen LogP contribution in [0.2, 0.25) is 0 Å². The monoisotopic (exact) mass is 409 g/mol. The molecule has 1 heterocycles. The lowest BCUT2D eigenvalue weighted by Gasteiger charge is -2.19. The summed E-state index contributed by atoms with van der Waals surface area (Å²) in [4.78, 5) is 16.0. The lowest BCUT2D eigenvalue weighted by molar-refractivity contribution is -0.113. The molecule has 0 aliphatic heterocycles. The van der Waals surface area contributed by atoms with Gasteiger partial charge in [0.15, 0.2) is 0 Å². The molecule has 148 valence electrons. The number of halogens is 2. The number of nitrogens with two attached hydrogens (primary N) is 2. The fraction of sp³-hybridized carbons (Fsp3) is 0.333. The molecule has 0 fully saturated rings. The van der Waals surface area contributed by atoms with Crippen molar-refractivity contribution in [1.82, 2.24) is 4.98 Å². The van der Waals surface area contributed by atoms with E-state index >= 15 is 0 Å². The molecule has 0 unspecified atom stereocenters. The third-order valence-corrected chi connectivity index (χ3v) is 4.17. The fourth-order valence-electron chi connectivity index (χ4n) is 3.01. The van der Waals surface area contributed by atoms with Crippen molar-refractivity contribution in [3.63, 3.8) is 0 Å². The number of pyridine rings is 1. The zero-order valence-electron chi connectivity index (χ0n) is 16.3. The summed E-state index contributed by atoms with van der Waals surface area (Å²) in [6, 6.07) is 8.33. The minimum Gasteiger partial charge on any atom is -0.366 e. The van der Waals surface area contributed by atoms with Crippen molar-refractivity contribution in [1.29, 1.82) is 0 Å². The third-order valence-electron chi connectivity index (χ3n) is 4.17. The Balaban J connectivity index is 0.00000338. The van der Waals surface area contributed by atoms with Crippen LogP contribution < -0.4 is 11.5 Å². The zero-order chi connectivity index (χ0) is 18.6. The van der Waals surface area contributed by atoms with Crippen LogP contribution in [0.15, 0.2) is 30.3 Å². The number of benzene rings is 1. The van der Waals surface area contributed by atoms with Crippen molar-refractivity contribution in [2.45, 2.75) is 40.7 Å². The van der Waals surface area contributed by atoms with Gasteiger partial charge in [0.25, 0.3) is 0 Å². The minimum atomic E-state index is -0.477. The Kier molecular flexibility index (Phi) is 10.3. The first kappa shape index (κ1) is 25.1. The summed E-state index contributed by atoms with van der Waals surface area (Å²) in [5.74, 6) is 0.00453. The van der Waals surface area contributed by atoms with Gasteiger partial charge in [-0.05, 0) is 49.0 Å². The molecule has 4 nitrogen and oxygen atoms in total. The summed E-state index contributed by atoms with van der Waals surface area (Å²) in [5, 5.41) is 0. The van der Waals surface area contributed by atoms with E-state index in [4.69, 9.17) is 16.5 Å². The first-order valence-corrected chi connectivity index (χ1v) is 8.60. The van der Waals surface area contributed by atoms with Gasteiger partial charge in [0.2, 0.25) is 5.91 Å². The molecule has 6 heteroatoms. The van der Waals surface area contributed by atoms with E-state index in [1.807, 2.05) is 6.92 Å². The Bertz CT molecular complexity index is 800. The van der Waals surface area contributed by atoms with Crippen molar-refractivity contribution in [2.24, 2.45) is 17.4 Å². The maximum atomic E-state index is 11.2. The van der Waals surface area contributed by atoms with Gasteiger partial charge in [-0.2, -0.15) is 0 Å². The van der Waals surface area contributed by atoms with E-state index in [-0.39, 0.29) is 24.8 Å². The first-order valence-electron chi connectivity index (χ1n) is 8.60. The standard InChI is InChI=1S/C21H27N3O.2ClH/c1-13(2)11-19-18(12-22)21(16-7-5-14(3)6-8-16)17(15(4)24-19)9-10-20(23)25;;/h5-10,13H,11-12,22H2,1-4H3,(H2,23,25);2*1H. The smallest absolute Gasteiger partial charge is 0.241 e. The van der Waals surface area contributed by atoms with E-state index in [0.717, 1.165) is 40.1 Å². The van der Waals surface area contributed by atoms with Crippen LogP contribution in [0.25, 0.3) is 17.2 Å². The molecule has 1 aromatic heterocycles. The Morgan fingerprint density at radius 2 is 1.74 bits per heavy atom. The summed E-state index contributed by atoms with van der Waals surface area (Å²) in [7, 11) is 0. The number of nitrogens with zero attached hydrogens (tertiary/aromatic N) is 1. The van der Waals surface area contributed by atoms with E-state index in [0.29, 0.717) is 12.5 Å². The molecule has 0 saturated heterocycles. The van der Waals surface area contributed by atoms with Crippen molar-refractivity contribution in [3.05, 3.63) is 58.4 Å². The number of amides is 1. The maximum Gasteiger partial charge on any atom is 0.241 e. The summed E-state index contributed by atoms with van der Waals surface area (Å²) in [6.45, 7) is 8.76. The van der Waals surface area contributed by atoms with Gasteiger partial charge in [0.1, 0.15) is 0 Å². The SMILES string of the molecule is Cc1ccc(-c2c(C=CC(N)=O)c(C)nc(CC(C)C)c2CN)cc1.Cl.Cl. The molecule has 0 aliphatic rings. The van der Waals surface area contributed by atoms with Gasteiger partial charge >= 0.3 is 0 Å². The summed E-state index contributed by atoms with van der Waals surface area (Å²) in [5.41, 5.74) is 18.6. The molecular formula is C21H29Cl2N3O. The van der Waals surface area contributed by atoms with Crippen molar-refractivity contribution in [3.8, 4) is 11.1 Å². The van der Waals surface area contributed by atoms with Gasteiger partial charge < -0.3 is 11.5 Å². The highest BCUT2D eigenvalue weighted by Crippen LogP contribution is 2.33. The van der Waals surface area contributed by atoms with Crippen LogP contribution in [0.3, 0.4) is 0 Å². The summed E-state index contributed by atoms with van der Waals surface area (Å²) in [6.07, 6.45) is 3.99. The molecule has 0 saturated carbocycles. The van der Waals surface area contributed by atoms with Gasteiger partial charge in [-0.1, -0.05) is 43.7 Å². The normalized spacial score (nSPS) is 10.6. The number of carbonyl (C=O) groups is 1. The van der Waals surface area contributed by atoms with Gasteiger partial charge in [-0.25, -0.2) is 0 Å². The topological polar surface area (TPSA) is 82.0 Å². The number of rotatable bonds is 6. The minimum absolute atomic E-state index is 0. The summed E-state index contributed by atoms with van der Waals surface area (Å²) < 4.78 is 0. The van der Waals surface area contributed by atoms with Crippen LogP contribution >= 0.6 is 24.8 Å². The largest absolute Gasteiger partial charge is 0.366 e. The fourth-order valence-corrected chi connectivity index (χ4v) is 3.01. The number of primary amides is 1. The lowest BCUT2D eigenvalue weighted by atomic mass is 9.89. The Labute approximate surface area is 174 Å². The van der Waals surface area contributed by atoms with Gasteiger partial charge in [-0.15, -0.1) is 24.8 Å². The second kappa shape index (κ2) is 11.1. The molecule has 0 aliphatic carbocycles. The van der Waals surface area contributed by atoms with E-state index in [1.54, 1.807) is 6.08 Å². The molecule has 0 radical (unpaired) electrons. The van der Waals surface area contributed by atoms with E-state index in [2.05, 4.69) is 45.0 Å². The number of hydrogen-bond acceptors (Lipinski definition) is 3. The quantitative estimate of drug-likeness (QED) is 0.694. The third kappa shape index (κ3) is 6.35. The molecule has 27 heavy (non-hydrogen) atoms. The van der Waals surface area contributed by atoms with Crippen LogP contribution in [-0.2, 0) is 17.8 Å². The highest BCUT2D eigenvalue weighted by molar-refractivity contribution is 5.92. The van der Waals surface area contributed by atoms with Gasteiger partial charge in [0.05, 0.1) is 0 Å². The Hall–Kier alpha value is -1.88. The molecule has 0 atom stereocenters. The van der Waals surface area contributed by atoms with Crippen LogP contribution in [0, 0.1) is 19.8 Å². The van der Waals surface area contributed by atoms with Crippen molar-refractivity contribution in [2.75, 3.05) is 0 Å². The zero-order valence-corrected chi connectivity index (χ0v) is 17.9. The van der Waals surface area contributed by atoms with Crippen LogP contribution in [0.4, 0.5) is 0 Å². The second-order valence-corrected chi connectivity index (χ2v) is 6.81. The summed E-state index contributed by atoms with van der Waals surface area (Å²) >= 11 is 0. The van der Waals surface area contributed by atoms with Crippen LogP contribution in [-0.4, -0.2) is 10.9 Å². The molecule has 2 aromatic rings. The molecule has 1 aromatic carbocycles. The van der Waals surface area contributed by atoms with Crippen LogP contribution in [0.1, 0.15) is 41.9 Å². The molecule has 0 spiro atoms. The predicted octanol–water partition coefficient (Wildman–Crippen LogP) is 4.36. The van der Waals surface area contributed by atoms with Gasteiger partial charge in [0, 0.05) is 29.6 Å². The number of hydrogen-bond donors (Lipinski definition) is 2. The van der Waals surface area contributed by atoms with E-state index in [1.165, 1.54) is 11.6 Å². The van der Waals surface area contributed by atoms with Crippen LogP contribution in [0.5, 0.6) is 0 Å². The number of aryl methyl sites for hydroxylation is 2. The highest BCUT2D eigenvalue weighted by Gasteiger charge is 2.18. The molecule has 1 amide bonds. The molecule has 2 rings (SSSR count). The average molecular weight is 410 g/mol. The molecule has 0 bridgehead atoms. The van der Waals surface area contributed by atoms with Crippen molar-refractivity contribution < 1.29 is 4.79 Å². The predicted molar refractivity (Wildman–Crippen MR) is 118 cm³/mol. The highest BCUT2D eigenvalue weighted by atomic mass is 35.5. The molecule has 4 N–H and O–H groups in total. The second-order valence-electron chi connectivity index (χ2n) is 6.81. The first-order chi connectivity index (χ1) is 11.8. The maximum absolute atomic E-state index is 11.2. The Morgan fingerprint density at radius 1 is 1.15 bits per heavy atom. The van der Waals surface area contributed by atoms with E-state index < -0.39 is 5.91 Å². The lowest BCUT2D eigenvalue weighted by Crippen LogP contribution is -2.12. The van der Waals surface area contributed by atoms with E-state index in [9.17, 15) is 4.79 Å². The molecular weight excluding hydrogens is 381 g/mol. The Morgan fingerprint density at radius 3 is 2.22 bits per heavy atom. The van der Waals surface area contributed by atoms with Crippen molar-refractivity contribution >= 4 is 36.8 Å².